The molecule has 5 heteroatoms. The fourth-order valence-electron chi connectivity index (χ4n) is 1.68. The zero-order chi connectivity index (χ0) is 14.3. The lowest BCUT2D eigenvalue weighted by Gasteiger charge is -2.16. The molecule has 0 radical (unpaired) electrons. The fraction of sp³-hybridized carbons (Fsp3) is 0.429. The first-order chi connectivity index (χ1) is 9.06. The van der Waals surface area contributed by atoms with Gasteiger partial charge in [-0.3, -0.25) is 4.79 Å². The molecule has 0 spiro atoms. The number of carbonyl (C=O) groups is 2. The summed E-state index contributed by atoms with van der Waals surface area (Å²) in [5.41, 5.74) is 1.96. The molecule has 0 saturated heterocycles. The second-order valence-electron chi connectivity index (χ2n) is 4.16. The molecule has 1 aromatic carbocycles. The van der Waals surface area contributed by atoms with Crippen molar-refractivity contribution in [3.05, 3.63) is 35.4 Å². The summed E-state index contributed by atoms with van der Waals surface area (Å²) in [4.78, 5) is 22.9. The number of alkyl halides is 1. The summed E-state index contributed by atoms with van der Waals surface area (Å²) in [5.74, 6) is -0.220. The van der Waals surface area contributed by atoms with E-state index in [1.807, 2.05) is 24.3 Å². The van der Waals surface area contributed by atoms with Gasteiger partial charge in [-0.1, -0.05) is 24.3 Å². The van der Waals surface area contributed by atoms with Crippen molar-refractivity contribution in [3.63, 3.8) is 0 Å². The SMILES string of the molecule is CCOC(=O)[C@H](Cc1ccc(CCl)cc1)NC(C)=O. The lowest BCUT2D eigenvalue weighted by molar-refractivity contribution is -0.147. The van der Waals surface area contributed by atoms with Crippen LogP contribution >= 0.6 is 11.6 Å². The lowest BCUT2D eigenvalue weighted by atomic mass is 10.0. The maximum atomic E-state index is 11.7. The molecule has 1 aromatic rings. The van der Waals surface area contributed by atoms with Crippen molar-refractivity contribution in [1.29, 1.82) is 0 Å². The fourth-order valence-corrected chi connectivity index (χ4v) is 1.86. The molecule has 104 valence electrons. The van der Waals surface area contributed by atoms with E-state index < -0.39 is 12.0 Å². The monoisotopic (exact) mass is 283 g/mol. The van der Waals surface area contributed by atoms with E-state index in [-0.39, 0.29) is 5.91 Å². The molecular formula is C14H18ClNO3. The van der Waals surface area contributed by atoms with Crippen LogP contribution in [0.1, 0.15) is 25.0 Å². The Bertz CT molecular complexity index is 431. The Balaban J connectivity index is 2.74. The van der Waals surface area contributed by atoms with Gasteiger partial charge in [-0.05, 0) is 18.1 Å². The van der Waals surface area contributed by atoms with Crippen molar-refractivity contribution in [2.75, 3.05) is 6.61 Å². The van der Waals surface area contributed by atoms with Gasteiger partial charge in [0.25, 0.3) is 0 Å². The van der Waals surface area contributed by atoms with Crippen LogP contribution in [0.25, 0.3) is 0 Å². The average molecular weight is 284 g/mol. The highest BCUT2D eigenvalue weighted by Gasteiger charge is 2.20. The zero-order valence-electron chi connectivity index (χ0n) is 11.1. The van der Waals surface area contributed by atoms with Crippen molar-refractivity contribution < 1.29 is 14.3 Å². The number of esters is 1. The summed E-state index contributed by atoms with van der Waals surface area (Å²) in [6.07, 6.45) is 0.404. The number of hydrogen-bond donors (Lipinski definition) is 1. The number of halogens is 1. The Morgan fingerprint density at radius 3 is 2.32 bits per heavy atom. The van der Waals surface area contributed by atoms with Gasteiger partial charge in [0.1, 0.15) is 6.04 Å². The van der Waals surface area contributed by atoms with E-state index in [9.17, 15) is 9.59 Å². The third kappa shape index (κ3) is 5.30. The van der Waals surface area contributed by atoms with Crippen LogP contribution in [-0.2, 0) is 26.6 Å². The van der Waals surface area contributed by atoms with Gasteiger partial charge in [0.05, 0.1) is 6.61 Å². The Morgan fingerprint density at radius 1 is 1.26 bits per heavy atom. The van der Waals surface area contributed by atoms with Gasteiger partial charge in [-0.2, -0.15) is 0 Å². The van der Waals surface area contributed by atoms with Crippen LogP contribution in [0.3, 0.4) is 0 Å². The first-order valence-electron chi connectivity index (χ1n) is 6.14. The van der Waals surface area contributed by atoms with Gasteiger partial charge < -0.3 is 10.1 Å². The van der Waals surface area contributed by atoms with Crippen molar-refractivity contribution in [2.45, 2.75) is 32.2 Å². The van der Waals surface area contributed by atoms with Crippen LogP contribution in [0.2, 0.25) is 0 Å². The molecule has 1 amide bonds. The molecule has 0 heterocycles. The molecule has 0 aliphatic carbocycles. The molecule has 0 aromatic heterocycles. The molecule has 19 heavy (non-hydrogen) atoms. The number of carbonyl (C=O) groups excluding carboxylic acids is 2. The van der Waals surface area contributed by atoms with Crippen molar-refractivity contribution in [3.8, 4) is 0 Å². The van der Waals surface area contributed by atoms with Crippen LogP contribution in [-0.4, -0.2) is 24.5 Å². The van der Waals surface area contributed by atoms with Crippen LogP contribution < -0.4 is 5.32 Å². The number of rotatable bonds is 6. The third-order valence-corrected chi connectivity index (χ3v) is 2.87. The minimum Gasteiger partial charge on any atom is -0.464 e. The maximum Gasteiger partial charge on any atom is 0.328 e. The highest BCUT2D eigenvalue weighted by Crippen LogP contribution is 2.09. The number of ether oxygens (including phenoxy) is 1. The molecule has 1 atom stereocenters. The molecule has 0 saturated carbocycles. The maximum absolute atomic E-state index is 11.7. The largest absolute Gasteiger partial charge is 0.464 e. The molecule has 1 N–H and O–H groups in total. The van der Waals surface area contributed by atoms with Gasteiger partial charge in [-0.25, -0.2) is 4.79 Å². The molecule has 4 nitrogen and oxygen atoms in total. The topological polar surface area (TPSA) is 55.4 Å². The Hall–Kier alpha value is -1.55. The van der Waals surface area contributed by atoms with E-state index >= 15 is 0 Å². The second kappa shape index (κ2) is 7.79. The van der Waals surface area contributed by atoms with E-state index in [1.165, 1.54) is 6.92 Å². The second-order valence-corrected chi connectivity index (χ2v) is 4.43. The first kappa shape index (κ1) is 15.5. The number of nitrogens with one attached hydrogen (secondary N) is 1. The molecule has 0 aliphatic heterocycles. The van der Waals surface area contributed by atoms with E-state index in [2.05, 4.69) is 5.32 Å². The Morgan fingerprint density at radius 2 is 1.84 bits per heavy atom. The molecule has 0 fully saturated rings. The zero-order valence-corrected chi connectivity index (χ0v) is 11.9. The summed E-state index contributed by atoms with van der Waals surface area (Å²) in [7, 11) is 0. The lowest BCUT2D eigenvalue weighted by Crippen LogP contribution is -2.42. The van der Waals surface area contributed by atoms with E-state index in [1.54, 1.807) is 6.92 Å². The van der Waals surface area contributed by atoms with Gasteiger partial charge in [-0.15, -0.1) is 11.6 Å². The van der Waals surface area contributed by atoms with E-state index in [0.717, 1.165) is 11.1 Å². The van der Waals surface area contributed by atoms with Gasteiger partial charge in [0, 0.05) is 19.2 Å². The minimum atomic E-state index is -0.653. The van der Waals surface area contributed by atoms with E-state index in [0.29, 0.717) is 18.9 Å². The highest BCUT2D eigenvalue weighted by molar-refractivity contribution is 6.17. The van der Waals surface area contributed by atoms with Crippen LogP contribution in [0.5, 0.6) is 0 Å². The van der Waals surface area contributed by atoms with Gasteiger partial charge in [0.15, 0.2) is 0 Å². The van der Waals surface area contributed by atoms with Crippen LogP contribution in [0.15, 0.2) is 24.3 Å². The molecule has 0 bridgehead atoms. The number of hydrogen-bond acceptors (Lipinski definition) is 3. The first-order valence-corrected chi connectivity index (χ1v) is 6.67. The Kier molecular flexibility index (Phi) is 6.36. The minimum absolute atomic E-state index is 0.254. The Labute approximate surface area is 118 Å². The van der Waals surface area contributed by atoms with Crippen LogP contribution in [0.4, 0.5) is 0 Å². The van der Waals surface area contributed by atoms with Gasteiger partial charge in [0.2, 0.25) is 5.91 Å². The highest BCUT2D eigenvalue weighted by atomic mass is 35.5. The average Bonchev–Trinajstić information content (AvgIpc) is 2.38. The predicted molar refractivity (Wildman–Crippen MR) is 73.9 cm³/mol. The summed E-state index contributed by atoms with van der Waals surface area (Å²) >= 11 is 5.71. The molecule has 1 rings (SSSR count). The summed E-state index contributed by atoms with van der Waals surface area (Å²) in [5, 5.41) is 2.60. The quantitative estimate of drug-likeness (QED) is 0.642. The summed E-state index contributed by atoms with van der Waals surface area (Å²) < 4.78 is 4.95. The standard InChI is InChI=1S/C14H18ClNO3/c1-3-19-14(18)13(16-10(2)17)8-11-4-6-12(9-15)7-5-11/h4-7,13H,3,8-9H2,1-2H3,(H,16,17)/t13-/m0/s1. The third-order valence-electron chi connectivity index (χ3n) is 2.57. The molecule has 0 unspecified atom stereocenters. The molecule has 0 aliphatic rings. The van der Waals surface area contributed by atoms with Gasteiger partial charge >= 0.3 is 5.97 Å². The number of amides is 1. The molecular weight excluding hydrogens is 266 g/mol. The van der Waals surface area contributed by atoms with Crippen molar-refractivity contribution in [2.24, 2.45) is 0 Å². The predicted octanol–water partition coefficient (Wildman–Crippen LogP) is 2.04. The van der Waals surface area contributed by atoms with Crippen LogP contribution in [0, 0.1) is 0 Å². The normalized spacial score (nSPS) is 11.7. The summed E-state index contributed by atoms with van der Waals surface area (Å²) in [6.45, 7) is 3.40. The van der Waals surface area contributed by atoms with E-state index in [4.69, 9.17) is 16.3 Å². The number of benzene rings is 1. The smallest absolute Gasteiger partial charge is 0.328 e. The van der Waals surface area contributed by atoms with Crippen molar-refractivity contribution in [1.82, 2.24) is 5.32 Å². The summed E-state index contributed by atoms with van der Waals surface area (Å²) in [6, 6.07) is 6.94. The van der Waals surface area contributed by atoms with Crippen molar-refractivity contribution >= 4 is 23.5 Å².